The van der Waals surface area contributed by atoms with Crippen molar-refractivity contribution in [2.75, 3.05) is 19.4 Å². The molecule has 92 valence electrons. The lowest BCUT2D eigenvalue weighted by molar-refractivity contribution is 1.06. The van der Waals surface area contributed by atoms with E-state index >= 15 is 0 Å². The zero-order chi connectivity index (χ0) is 12.8. The molecule has 4 N–H and O–H groups in total. The summed E-state index contributed by atoms with van der Waals surface area (Å²) in [6, 6.07) is 6.02. The minimum atomic E-state index is 0.192. The van der Waals surface area contributed by atoms with Crippen LogP contribution >= 0.6 is 0 Å². The number of hydrogen-bond acceptors (Lipinski definition) is 2. The molecule has 0 amide bonds. The molecular weight excluding hydrogens is 214 g/mol. The molecular formula is C12H19N5. The van der Waals surface area contributed by atoms with Crippen LogP contribution in [0.4, 0.5) is 5.69 Å². The van der Waals surface area contributed by atoms with Crippen LogP contribution in [0.5, 0.6) is 0 Å². The van der Waals surface area contributed by atoms with Crippen LogP contribution in [-0.2, 0) is 0 Å². The highest BCUT2D eigenvalue weighted by molar-refractivity contribution is 6.04. The zero-order valence-corrected chi connectivity index (χ0v) is 10.7. The first kappa shape index (κ1) is 13.0. The summed E-state index contributed by atoms with van der Waals surface area (Å²) < 4.78 is 0. The second-order valence-electron chi connectivity index (χ2n) is 3.71. The van der Waals surface area contributed by atoms with Gasteiger partial charge in [-0.3, -0.25) is 15.7 Å². The highest BCUT2D eigenvalue weighted by atomic mass is 15.2. The van der Waals surface area contributed by atoms with Crippen molar-refractivity contribution < 1.29 is 0 Å². The third kappa shape index (κ3) is 3.48. The number of rotatable bonds is 1. The Hall–Kier alpha value is -2.04. The molecule has 0 radical (unpaired) electrons. The molecule has 17 heavy (non-hydrogen) atoms. The van der Waals surface area contributed by atoms with Gasteiger partial charge in [0.05, 0.1) is 0 Å². The van der Waals surface area contributed by atoms with Gasteiger partial charge in [0.25, 0.3) is 0 Å². The van der Waals surface area contributed by atoms with E-state index in [-0.39, 0.29) is 5.96 Å². The van der Waals surface area contributed by atoms with E-state index in [1.54, 1.807) is 14.1 Å². The lowest BCUT2D eigenvalue weighted by Crippen LogP contribution is -2.42. The molecule has 1 aromatic rings. The second kappa shape index (κ2) is 5.89. The first-order valence-electron chi connectivity index (χ1n) is 5.41. The number of nitrogens with one attached hydrogen (secondary N) is 4. The van der Waals surface area contributed by atoms with Crippen LogP contribution in [0.15, 0.2) is 23.2 Å². The summed E-state index contributed by atoms with van der Waals surface area (Å²) in [5.41, 5.74) is 3.17. The fourth-order valence-corrected chi connectivity index (χ4v) is 1.52. The van der Waals surface area contributed by atoms with Crippen molar-refractivity contribution in [3.8, 4) is 0 Å². The molecule has 0 heterocycles. The Morgan fingerprint density at radius 2 is 1.82 bits per heavy atom. The van der Waals surface area contributed by atoms with Gasteiger partial charge in [0.1, 0.15) is 0 Å². The number of aliphatic imine (C=N–C) groups is 1. The number of guanidine groups is 2. The highest BCUT2D eigenvalue weighted by Crippen LogP contribution is 2.18. The smallest absolute Gasteiger partial charge is 0.199 e. The average molecular weight is 233 g/mol. The topological polar surface area (TPSA) is 72.3 Å². The number of hydrogen-bond donors (Lipinski definition) is 4. The van der Waals surface area contributed by atoms with Gasteiger partial charge in [-0.25, -0.2) is 0 Å². The van der Waals surface area contributed by atoms with Crippen molar-refractivity contribution in [3.05, 3.63) is 29.3 Å². The monoisotopic (exact) mass is 233 g/mol. The Kier molecular flexibility index (Phi) is 4.51. The number of anilines is 1. The standard InChI is InChI=1S/C12H19N5/c1-8-6-5-7-9(2)10(8)16-11(13)17-12(14-3)15-4/h5-7H,1-4H3,(H4,13,14,15,16,17). The first-order valence-corrected chi connectivity index (χ1v) is 5.41. The van der Waals surface area contributed by atoms with Crippen molar-refractivity contribution >= 4 is 17.6 Å². The van der Waals surface area contributed by atoms with E-state index in [1.165, 1.54) is 0 Å². The Morgan fingerprint density at radius 1 is 1.24 bits per heavy atom. The summed E-state index contributed by atoms with van der Waals surface area (Å²) in [6.07, 6.45) is 0. The van der Waals surface area contributed by atoms with Gasteiger partial charge in [-0.1, -0.05) is 18.2 Å². The highest BCUT2D eigenvalue weighted by Gasteiger charge is 2.05. The van der Waals surface area contributed by atoms with Crippen molar-refractivity contribution in [1.82, 2.24) is 10.6 Å². The second-order valence-corrected chi connectivity index (χ2v) is 3.71. The zero-order valence-electron chi connectivity index (χ0n) is 10.7. The van der Waals surface area contributed by atoms with Crippen LogP contribution in [0.3, 0.4) is 0 Å². The third-order valence-electron chi connectivity index (χ3n) is 2.43. The van der Waals surface area contributed by atoms with Crippen LogP contribution in [0.2, 0.25) is 0 Å². The van der Waals surface area contributed by atoms with Gasteiger partial charge in [0.15, 0.2) is 11.9 Å². The lowest BCUT2D eigenvalue weighted by atomic mass is 10.1. The summed E-state index contributed by atoms with van der Waals surface area (Å²) in [5, 5.41) is 16.5. The first-order chi connectivity index (χ1) is 8.08. The lowest BCUT2D eigenvalue weighted by Gasteiger charge is -2.15. The predicted octanol–water partition coefficient (Wildman–Crippen LogP) is 1.44. The largest absolute Gasteiger partial charge is 0.359 e. The normalized spacial score (nSPS) is 10.9. The summed E-state index contributed by atoms with van der Waals surface area (Å²) in [5.74, 6) is 0.742. The molecule has 1 aromatic carbocycles. The Morgan fingerprint density at radius 3 is 2.29 bits per heavy atom. The van der Waals surface area contributed by atoms with Crippen molar-refractivity contribution in [3.63, 3.8) is 0 Å². The molecule has 0 atom stereocenters. The van der Waals surface area contributed by atoms with Crippen molar-refractivity contribution in [2.24, 2.45) is 4.99 Å². The van der Waals surface area contributed by atoms with E-state index in [2.05, 4.69) is 20.9 Å². The fourth-order valence-electron chi connectivity index (χ4n) is 1.52. The molecule has 0 aliphatic carbocycles. The van der Waals surface area contributed by atoms with E-state index in [0.717, 1.165) is 16.8 Å². The van der Waals surface area contributed by atoms with Crippen molar-refractivity contribution in [2.45, 2.75) is 13.8 Å². The summed E-state index contributed by atoms with van der Waals surface area (Å²) in [4.78, 5) is 3.95. The minimum Gasteiger partial charge on any atom is -0.359 e. The molecule has 0 unspecified atom stereocenters. The van der Waals surface area contributed by atoms with E-state index in [0.29, 0.717) is 5.96 Å². The van der Waals surface area contributed by atoms with Gasteiger partial charge in [0, 0.05) is 19.8 Å². The van der Waals surface area contributed by atoms with E-state index in [4.69, 9.17) is 5.41 Å². The van der Waals surface area contributed by atoms with E-state index < -0.39 is 0 Å². The maximum Gasteiger partial charge on any atom is 0.199 e. The summed E-state index contributed by atoms with van der Waals surface area (Å²) in [7, 11) is 3.41. The number of para-hydroxylation sites is 1. The number of nitrogens with zero attached hydrogens (tertiary/aromatic N) is 1. The maximum atomic E-state index is 7.81. The molecule has 0 spiro atoms. The molecule has 0 fully saturated rings. The minimum absolute atomic E-state index is 0.192. The van der Waals surface area contributed by atoms with Crippen molar-refractivity contribution in [1.29, 1.82) is 5.41 Å². The van der Waals surface area contributed by atoms with Crippen LogP contribution in [-0.4, -0.2) is 26.0 Å². The third-order valence-corrected chi connectivity index (χ3v) is 2.43. The molecule has 0 aromatic heterocycles. The van der Waals surface area contributed by atoms with Gasteiger partial charge in [-0.2, -0.15) is 0 Å². The molecule has 5 heteroatoms. The Balaban J connectivity index is 2.75. The predicted molar refractivity (Wildman–Crippen MR) is 72.8 cm³/mol. The maximum absolute atomic E-state index is 7.81. The molecule has 0 saturated heterocycles. The van der Waals surface area contributed by atoms with Crippen LogP contribution in [0.25, 0.3) is 0 Å². The Bertz CT molecular complexity index is 416. The van der Waals surface area contributed by atoms with Gasteiger partial charge >= 0.3 is 0 Å². The number of benzene rings is 1. The summed E-state index contributed by atoms with van der Waals surface area (Å²) in [6.45, 7) is 4.02. The molecule has 0 aliphatic heterocycles. The summed E-state index contributed by atoms with van der Waals surface area (Å²) >= 11 is 0. The van der Waals surface area contributed by atoms with Crippen LogP contribution in [0.1, 0.15) is 11.1 Å². The average Bonchev–Trinajstić information content (AvgIpc) is 2.31. The van der Waals surface area contributed by atoms with Crippen LogP contribution in [0, 0.1) is 19.3 Å². The quantitative estimate of drug-likeness (QED) is 0.438. The molecule has 1 rings (SSSR count). The van der Waals surface area contributed by atoms with Gasteiger partial charge in [-0.05, 0) is 25.0 Å². The molecule has 0 saturated carbocycles. The molecule has 0 bridgehead atoms. The Labute approximate surface area is 102 Å². The van der Waals surface area contributed by atoms with Gasteiger partial charge in [0.2, 0.25) is 0 Å². The van der Waals surface area contributed by atoms with E-state index in [9.17, 15) is 0 Å². The SMILES string of the molecule is C/N=C(\NC)NC(=N)Nc1c(C)cccc1C. The van der Waals surface area contributed by atoms with Gasteiger partial charge < -0.3 is 10.6 Å². The van der Waals surface area contributed by atoms with Gasteiger partial charge in [-0.15, -0.1) is 0 Å². The molecule has 0 aliphatic rings. The number of aryl methyl sites for hydroxylation is 2. The van der Waals surface area contributed by atoms with Crippen LogP contribution < -0.4 is 16.0 Å². The van der Waals surface area contributed by atoms with E-state index in [1.807, 2.05) is 32.0 Å². The molecule has 5 nitrogen and oxygen atoms in total. The fraction of sp³-hybridized carbons (Fsp3) is 0.333.